The molecule has 0 aliphatic rings. The molecule has 0 radical (unpaired) electrons. The van der Waals surface area contributed by atoms with Crippen molar-refractivity contribution in [3.8, 4) is 45.1 Å². The molecule has 0 N–H and O–H groups in total. The second-order valence-corrected chi connectivity index (χ2v) is 13.8. The van der Waals surface area contributed by atoms with E-state index in [0.29, 0.717) is 0 Å². The Bertz CT molecular complexity index is 3190. The lowest BCUT2D eigenvalue weighted by molar-refractivity contribution is 1.10. The van der Waals surface area contributed by atoms with E-state index >= 15 is 0 Å². The normalized spacial score (nSPS) is 11.7. The van der Waals surface area contributed by atoms with Gasteiger partial charge in [-0.15, -0.1) is 0 Å². The molecule has 0 fully saturated rings. The van der Waals surface area contributed by atoms with Gasteiger partial charge in [0, 0.05) is 44.0 Å². The van der Waals surface area contributed by atoms with Crippen LogP contribution in [0.1, 0.15) is 0 Å². The first-order valence-corrected chi connectivity index (χ1v) is 18.3. The van der Waals surface area contributed by atoms with Gasteiger partial charge >= 0.3 is 0 Å². The number of nitrogens with zero attached hydrogens (tertiary/aromatic N) is 4. The SMILES string of the molecule is c1ccc(-c2nc3ccccc3n2-c2ccc(-c3cccc(-c4nc5ccccc5c5ccc6c7ccccc7n(-c7ccccc7)c6c45)c3)cc2)cc1. The zero-order valence-electron chi connectivity index (χ0n) is 29.3. The number of benzene rings is 8. The maximum atomic E-state index is 5.46. The minimum Gasteiger partial charge on any atom is -0.309 e. The molecule has 0 unspecified atom stereocenters. The number of hydrogen-bond acceptors (Lipinski definition) is 2. The van der Waals surface area contributed by atoms with Crippen LogP contribution in [0.5, 0.6) is 0 Å². The number of hydrogen-bond donors (Lipinski definition) is 0. The van der Waals surface area contributed by atoms with E-state index in [1.165, 1.54) is 27.2 Å². The number of fused-ring (bicyclic) bond motifs is 8. The molecule has 4 heteroatoms. The first-order valence-electron chi connectivity index (χ1n) is 18.3. The van der Waals surface area contributed by atoms with Crippen LogP contribution < -0.4 is 0 Å². The summed E-state index contributed by atoms with van der Waals surface area (Å²) < 4.78 is 4.67. The summed E-state index contributed by atoms with van der Waals surface area (Å²) in [7, 11) is 0. The van der Waals surface area contributed by atoms with Gasteiger partial charge < -0.3 is 4.57 Å². The van der Waals surface area contributed by atoms with Crippen LogP contribution in [0.2, 0.25) is 0 Å². The van der Waals surface area contributed by atoms with E-state index in [1.54, 1.807) is 0 Å². The van der Waals surface area contributed by atoms with E-state index in [4.69, 9.17) is 9.97 Å². The number of imidazole rings is 1. The quantitative estimate of drug-likeness (QED) is 0.169. The van der Waals surface area contributed by atoms with Crippen molar-refractivity contribution in [3.63, 3.8) is 0 Å². The number of rotatable bonds is 5. The third-order valence-electron chi connectivity index (χ3n) is 10.7. The van der Waals surface area contributed by atoms with Crippen LogP contribution in [-0.4, -0.2) is 19.1 Å². The van der Waals surface area contributed by atoms with E-state index in [-0.39, 0.29) is 0 Å². The largest absolute Gasteiger partial charge is 0.309 e. The van der Waals surface area contributed by atoms with Crippen molar-refractivity contribution < 1.29 is 0 Å². The van der Waals surface area contributed by atoms with E-state index in [1.807, 2.05) is 12.1 Å². The minimum absolute atomic E-state index is 0.931. The minimum atomic E-state index is 0.931. The maximum Gasteiger partial charge on any atom is 0.145 e. The first-order chi connectivity index (χ1) is 26.8. The molecule has 252 valence electrons. The number of aromatic nitrogens is 4. The summed E-state index contributed by atoms with van der Waals surface area (Å²) in [5.74, 6) is 0.931. The molecule has 0 aliphatic heterocycles. The maximum absolute atomic E-state index is 5.46. The molecule has 4 nitrogen and oxygen atoms in total. The highest BCUT2D eigenvalue weighted by atomic mass is 15.1. The van der Waals surface area contributed by atoms with Crippen LogP contribution in [-0.2, 0) is 0 Å². The topological polar surface area (TPSA) is 35.6 Å². The van der Waals surface area contributed by atoms with Crippen LogP contribution in [0.25, 0.3) is 99.7 Å². The van der Waals surface area contributed by atoms with Gasteiger partial charge in [0.1, 0.15) is 5.82 Å². The van der Waals surface area contributed by atoms with Crippen LogP contribution in [0.4, 0.5) is 0 Å². The highest BCUT2D eigenvalue weighted by Crippen LogP contribution is 2.43. The summed E-state index contributed by atoms with van der Waals surface area (Å²) in [5, 5.41) is 5.94. The summed E-state index contributed by atoms with van der Waals surface area (Å²) in [5.41, 5.74) is 13.0. The van der Waals surface area contributed by atoms with Crippen LogP contribution >= 0.6 is 0 Å². The van der Waals surface area contributed by atoms with Gasteiger partial charge in [0.2, 0.25) is 0 Å². The predicted molar refractivity (Wildman–Crippen MR) is 225 cm³/mol. The number of para-hydroxylation sites is 5. The van der Waals surface area contributed by atoms with E-state index in [0.717, 1.165) is 72.5 Å². The Morgan fingerprint density at radius 2 is 0.944 bits per heavy atom. The smallest absolute Gasteiger partial charge is 0.145 e. The van der Waals surface area contributed by atoms with E-state index in [9.17, 15) is 0 Å². The summed E-state index contributed by atoms with van der Waals surface area (Å²) >= 11 is 0. The fourth-order valence-corrected chi connectivity index (χ4v) is 8.27. The Morgan fingerprint density at radius 3 is 1.76 bits per heavy atom. The van der Waals surface area contributed by atoms with Gasteiger partial charge in [-0.3, -0.25) is 4.57 Å². The van der Waals surface area contributed by atoms with Gasteiger partial charge in [0.15, 0.2) is 0 Å². The second kappa shape index (κ2) is 12.1. The van der Waals surface area contributed by atoms with E-state index in [2.05, 4.69) is 191 Å². The third kappa shape index (κ3) is 4.70. The Kier molecular flexibility index (Phi) is 6.82. The monoisotopic (exact) mass is 688 g/mol. The van der Waals surface area contributed by atoms with Gasteiger partial charge in [-0.25, -0.2) is 9.97 Å². The summed E-state index contributed by atoms with van der Waals surface area (Å²) in [6.07, 6.45) is 0. The van der Waals surface area contributed by atoms with Gasteiger partial charge in [-0.2, -0.15) is 0 Å². The summed E-state index contributed by atoms with van der Waals surface area (Å²) in [6.45, 7) is 0. The van der Waals surface area contributed by atoms with Crippen molar-refractivity contribution in [2.24, 2.45) is 0 Å². The van der Waals surface area contributed by atoms with Crippen LogP contribution in [0.3, 0.4) is 0 Å². The molecule has 0 bridgehead atoms. The lowest BCUT2D eigenvalue weighted by Crippen LogP contribution is -1.98. The molecule has 0 amide bonds. The Morgan fingerprint density at radius 1 is 0.333 bits per heavy atom. The third-order valence-corrected chi connectivity index (χ3v) is 10.7. The van der Waals surface area contributed by atoms with Crippen LogP contribution in [0, 0.1) is 0 Å². The molecule has 0 saturated heterocycles. The first kappa shape index (κ1) is 30.3. The Labute approximate surface area is 311 Å². The molecule has 54 heavy (non-hydrogen) atoms. The molecule has 0 spiro atoms. The molecule has 0 saturated carbocycles. The zero-order chi connectivity index (χ0) is 35.6. The predicted octanol–water partition coefficient (Wildman–Crippen LogP) is 12.8. The van der Waals surface area contributed by atoms with Gasteiger partial charge in [-0.1, -0.05) is 140 Å². The molecule has 3 heterocycles. The molecular formula is C50H32N4. The molecule has 3 aromatic heterocycles. The van der Waals surface area contributed by atoms with Crippen molar-refractivity contribution in [2.45, 2.75) is 0 Å². The summed E-state index contributed by atoms with van der Waals surface area (Å²) in [6, 6.07) is 68.9. The number of pyridine rings is 1. The zero-order valence-corrected chi connectivity index (χ0v) is 29.3. The molecule has 11 rings (SSSR count). The molecular weight excluding hydrogens is 657 g/mol. The van der Waals surface area contributed by atoms with E-state index < -0.39 is 0 Å². The van der Waals surface area contributed by atoms with Crippen molar-refractivity contribution in [2.75, 3.05) is 0 Å². The van der Waals surface area contributed by atoms with Crippen molar-refractivity contribution in [1.82, 2.24) is 19.1 Å². The standard InChI is InChI=1S/C50H32N4/c1-3-14-34(15-4-1)50-52-44-23-10-12-25-46(44)54(50)38-28-26-33(27-29-38)35-16-13-17-36(32-35)48-47-41(39-20-7-9-22-43(39)51-48)30-31-42-40-21-8-11-24-45(40)53(49(42)47)37-18-5-2-6-19-37/h1-32H. The second-order valence-electron chi connectivity index (χ2n) is 13.8. The Hall–Kier alpha value is -7.30. The highest BCUT2D eigenvalue weighted by molar-refractivity contribution is 6.25. The van der Waals surface area contributed by atoms with Crippen molar-refractivity contribution in [1.29, 1.82) is 0 Å². The molecule has 11 aromatic rings. The Balaban J connectivity index is 1.11. The molecule has 8 aromatic carbocycles. The lowest BCUT2D eigenvalue weighted by atomic mass is 9.95. The highest BCUT2D eigenvalue weighted by Gasteiger charge is 2.21. The van der Waals surface area contributed by atoms with Gasteiger partial charge in [-0.05, 0) is 71.1 Å². The van der Waals surface area contributed by atoms with Gasteiger partial charge in [0.05, 0.1) is 33.3 Å². The van der Waals surface area contributed by atoms with Gasteiger partial charge in [0.25, 0.3) is 0 Å². The fraction of sp³-hybridized carbons (Fsp3) is 0. The molecule has 0 atom stereocenters. The molecule has 0 aliphatic carbocycles. The van der Waals surface area contributed by atoms with Crippen LogP contribution in [0.15, 0.2) is 194 Å². The average molecular weight is 689 g/mol. The van der Waals surface area contributed by atoms with Crippen molar-refractivity contribution in [3.05, 3.63) is 194 Å². The average Bonchev–Trinajstić information content (AvgIpc) is 3.81. The fourth-order valence-electron chi connectivity index (χ4n) is 8.27. The van der Waals surface area contributed by atoms with Crippen molar-refractivity contribution >= 4 is 54.5 Å². The lowest BCUT2D eigenvalue weighted by Gasteiger charge is -2.15. The summed E-state index contributed by atoms with van der Waals surface area (Å²) in [4.78, 5) is 10.5.